The standard InChI is InChI=1S/C15H31NO2/c1-10(2)13(9-16-7)8-14(18-12(5)6)15(17)11(3)4/h10-14,16H,8-9H2,1-7H3. The highest BCUT2D eigenvalue weighted by Crippen LogP contribution is 2.21. The van der Waals surface area contributed by atoms with Crippen LogP contribution in [0.15, 0.2) is 0 Å². The zero-order valence-corrected chi connectivity index (χ0v) is 13.1. The maximum absolute atomic E-state index is 12.2. The minimum absolute atomic E-state index is 0.0381. The fourth-order valence-electron chi connectivity index (χ4n) is 2.07. The van der Waals surface area contributed by atoms with E-state index in [0.29, 0.717) is 11.8 Å². The second-order valence-corrected chi connectivity index (χ2v) is 6.03. The molecular weight excluding hydrogens is 226 g/mol. The Morgan fingerprint density at radius 2 is 1.67 bits per heavy atom. The molecule has 0 aromatic carbocycles. The van der Waals surface area contributed by atoms with Gasteiger partial charge < -0.3 is 10.1 Å². The van der Waals surface area contributed by atoms with E-state index >= 15 is 0 Å². The lowest BCUT2D eigenvalue weighted by atomic mass is 9.87. The highest BCUT2D eigenvalue weighted by atomic mass is 16.5. The molecule has 0 aromatic rings. The first-order valence-electron chi connectivity index (χ1n) is 7.13. The van der Waals surface area contributed by atoms with Crippen molar-refractivity contribution in [1.29, 1.82) is 0 Å². The molecular formula is C15H31NO2. The molecule has 0 radical (unpaired) electrons. The van der Waals surface area contributed by atoms with Crippen molar-refractivity contribution in [2.45, 2.75) is 60.2 Å². The van der Waals surface area contributed by atoms with E-state index in [1.807, 2.05) is 34.7 Å². The Bertz CT molecular complexity index is 237. The smallest absolute Gasteiger partial charge is 0.164 e. The zero-order chi connectivity index (χ0) is 14.3. The lowest BCUT2D eigenvalue weighted by Crippen LogP contribution is -2.36. The Labute approximate surface area is 113 Å². The van der Waals surface area contributed by atoms with E-state index in [-0.39, 0.29) is 23.9 Å². The molecule has 0 amide bonds. The lowest BCUT2D eigenvalue weighted by molar-refractivity contribution is -0.138. The Morgan fingerprint density at radius 1 is 1.11 bits per heavy atom. The fraction of sp³-hybridized carbons (Fsp3) is 0.933. The highest BCUT2D eigenvalue weighted by molar-refractivity contribution is 5.84. The molecule has 0 heterocycles. The SMILES string of the molecule is CNCC(CC(OC(C)C)C(=O)C(C)C)C(C)C. The van der Waals surface area contributed by atoms with Crippen LogP contribution in [0, 0.1) is 17.8 Å². The molecule has 0 fully saturated rings. The molecule has 0 bridgehead atoms. The summed E-state index contributed by atoms with van der Waals surface area (Å²) in [5, 5.41) is 3.21. The number of carbonyl (C=O) groups is 1. The summed E-state index contributed by atoms with van der Waals surface area (Å²) in [6, 6.07) is 0. The van der Waals surface area contributed by atoms with Gasteiger partial charge in [-0.2, -0.15) is 0 Å². The summed E-state index contributed by atoms with van der Waals surface area (Å²) in [5.41, 5.74) is 0. The molecule has 0 aliphatic heterocycles. The number of carbonyl (C=O) groups excluding carboxylic acids is 1. The molecule has 0 spiro atoms. The van der Waals surface area contributed by atoms with Gasteiger partial charge in [0, 0.05) is 5.92 Å². The summed E-state index contributed by atoms with van der Waals surface area (Å²) in [6.07, 6.45) is 0.652. The first kappa shape index (κ1) is 17.6. The number of ketones is 1. The number of ether oxygens (including phenoxy) is 1. The minimum Gasteiger partial charge on any atom is -0.368 e. The fourth-order valence-corrected chi connectivity index (χ4v) is 2.07. The summed E-state index contributed by atoms with van der Waals surface area (Å²) in [4.78, 5) is 12.2. The maximum Gasteiger partial charge on any atom is 0.164 e. The second kappa shape index (κ2) is 8.65. The van der Waals surface area contributed by atoms with E-state index in [4.69, 9.17) is 4.74 Å². The Hall–Kier alpha value is -0.410. The Kier molecular flexibility index (Phi) is 8.45. The van der Waals surface area contributed by atoms with Gasteiger partial charge in [0.25, 0.3) is 0 Å². The summed E-state index contributed by atoms with van der Waals surface area (Å²) in [6.45, 7) is 13.2. The van der Waals surface area contributed by atoms with Gasteiger partial charge in [0.05, 0.1) is 6.10 Å². The summed E-state index contributed by atoms with van der Waals surface area (Å²) < 4.78 is 5.82. The topological polar surface area (TPSA) is 38.3 Å². The molecule has 1 N–H and O–H groups in total. The van der Waals surface area contributed by atoms with Gasteiger partial charge in [0.15, 0.2) is 5.78 Å². The highest BCUT2D eigenvalue weighted by Gasteiger charge is 2.27. The average molecular weight is 257 g/mol. The largest absolute Gasteiger partial charge is 0.368 e. The zero-order valence-electron chi connectivity index (χ0n) is 13.1. The average Bonchev–Trinajstić information content (AvgIpc) is 2.25. The first-order chi connectivity index (χ1) is 8.29. The molecule has 0 aromatic heterocycles. The number of rotatable bonds is 9. The van der Waals surface area contributed by atoms with E-state index in [0.717, 1.165) is 13.0 Å². The van der Waals surface area contributed by atoms with Crippen LogP contribution >= 0.6 is 0 Å². The van der Waals surface area contributed by atoms with Gasteiger partial charge in [-0.25, -0.2) is 0 Å². The van der Waals surface area contributed by atoms with E-state index in [9.17, 15) is 4.79 Å². The van der Waals surface area contributed by atoms with E-state index in [2.05, 4.69) is 19.2 Å². The van der Waals surface area contributed by atoms with Crippen molar-refractivity contribution >= 4 is 5.78 Å². The molecule has 108 valence electrons. The normalized spacial score (nSPS) is 15.4. The third-order valence-corrected chi connectivity index (χ3v) is 3.25. The van der Waals surface area contributed by atoms with Crippen molar-refractivity contribution in [3.8, 4) is 0 Å². The predicted octanol–water partition coefficient (Wildman–Crippen LogP) is 2.89. The number of hydrogen-bond acceptors (Lipinski definition) is 3. The first-order valence-corrected chi connectivity index (χ1v) is 7.13. The third-order valence-electron chi connectivity index (χ3n) is 3.25. The van der Waals surface area contributed by atoms with Gasteiger partial charge in [-0.1, -0.05) is 27.7 Å². The van der Waals surface area contributed by atoms with Crippen molar-refractivity contribution in [3.63, 3.8) is 0 Å². The Morgan fingerprint density at radius 3 is 2.00 bits per heavy atom. The molecule has 2 unspecified atom stereocenters. The number of Topliss-reactive ketones (excluding diaryl/α,β-unsaturated/α-hetero) is 1. The van der Waals surface area contributed by atoms with Crippen LogP contribution in [0.1, 0.15) is 48.0 Å². The Balaban J connectivity index is 4.69. The number of hydrogen-bond donors (Lipinski definition) is 1. The van der Waals surface area contributed by atoms with E-state index < -0.39 is 0 Å². The molecule has 2 atom stereocenters. The summed E-state index contributed by atoms with van der Waals surface area (Å²) in [5.74, 6) is 1.29. The van der Waals surface area contributed by atoms with Gasteiger partial charge in [-0.3, -0.25) is 4.79 Å². The quantitative estimate of drug-likeness (QED) is 0.690. The molecule has 3 nitrogen and oxygen atoms in total. The second-order valence-electron chi connectivity index (χ2n) is 6.03. The molecule has 3 heteroatoms. The van der Waals surface area contributed by atoms with Crippen LogP contribution in [-0.2, 0) is 9.53 Å². The van der Waals surface area contributed by atoms with Gasteiger partial charge in [-0.15, -0.1) is 0 Å². The van der Waals surface area contributed by atoms with Crippen LogP contribution in [0.3, 0.4) is 0 Å². The van der Waals surface area contributed by atoms with Crippen LogP contribution in [0.5, 0.6) is 0 Å². The van der Waals surface area contributed by atoms with Crippen molar-refractivity contribution in [2.24, 2.45) is 17.8 Å². The lowest BCUT2D eigenvalue weighted by Gasteiger charge is -2.28. The van der Waals surface area contributed by atoms with Gasteiger partial charge in [-0.05, 0) is 45.7 Å². The van der Waals surface area contributed by atoms with Gasteiger partial charge >= 0.3 is 0 Å². The summed E-state index contributed by atoms with van der Waals surface area (Å²) >= 11 is 0. The molecule has 0 saturated carbocycles. The molecule has 0 aliphatic carbocycles. The van der Waals surface area contributed by atoms with Crippen LogP contribution in [-0.4, -0.2) is 31.6 Å². The minimum atomic E-state index is -0.259. The van der Waals surface area contributed by atoms with E-state index in [1.165, 1.54) is 0 Å². The van der Waals surface area contributed by atoms with Gasteiger partial charge in [0.1, 0.15) is 6.10 Å². The van der Waals surface area contributed by atoms with Crippen LogP contribution in [0.25, 0.3) is 0 Å². The van der Waals surface area contributed by atoms with Crippen molar-refractivity contribution < 1.29 is 9.53 Å². The summed E-state index contributed by atoms with van der Waals surface area (Å²) in [7, 11) is 1.96. The molecule has 0 rings (SSSR count). The van der Waals surface area contributed by atoms with Crippen molar-refractivity contribution in [2.75, 3.05) is 13.6 Å². The van der Waals surface area contributed by atoms with Crippen LogP contribution in [0.2, 0.25) is 0 Å². The van der Waals surface area contributed by atoms with Crippen LogP contribution in [0.4, 0.5) is 0 Å². The third kappa shape index (κ3) is 6.50. The molecule has 18 heavy (non-hydrogen) atoms. The molecule has 0 aliphatic rings. The molecule has 0 saturated heterocycles. The van der Waals surface area contributed by atoms with Crippen LogP contribution < -0.4 is 5.32 Å². The maximum atomic E-state index is 12.2. The van der Waals surface area contributed by atoms with Crippen molar-refractivity contribution in [1.82, 2.24) is 5.32 Å². The van der Waals surface area contributed by atoms with Crippen molar-refractivity contribution in [3.05, 3.63) is 0 Å². The predicted molar refractivity (Wildman–Crippen MR) is 76.7 cm³/mol. The monoisotopic (exact) mass is 257 g/mol. The van der Waals surface area contributed by atoms with E-state index in [1.54, 1.807) is 0 Å². The number of nitrogens with one attached hydrogen (secondary N) is 1. The van der Waals surface area contributed by atoms with Gasteiger partial charge in [0.2, 0.25) is 0 Å².